The van der Waals surface area contributed by atoms with E-state index in [0.717, 1.165) is 13.1 Å². The zero-order valence-corrected chi connectivity index (χ0v) is 13.6. The standard InChI is InChI=1S/C19H27NO/c1-5-17(21)13-18(20-9-7-6-8-10-20)19-15(3)11-14(2)12-16(19)4/h5,11-12,18H,1,6-10,13H2,2-4H3. The largest absolute Gasteiger partial charge is 0.296 e. The third-order valence-electron chi connectivity index (χ3n) is 4.52. The topological polar surface area (TPSA) is 20.3 Å². The van der Waals surface area contributed by atoms with E-state index in [1.807, 2.05) is 0 Å². The summed E-state index contributed by atoms with van der Waals surface area (Å²) in [6.07, 6.45) is 5.81. The van der Waals surface area contributed by atoms with Crippen LogP contribution in [0.25, 0.3) is 0 Å². The molecule has 0 N–H and O–H groups in total. The van der Waals surface area contributed by atoms with Gasteiger partial charge >= 0.3 is 0 Å². The van der Waals surface area contributed by atoms with Gasteiger partial charge in [0, 0.05) is 12.5 Å². The second kappa shape index (κ2) is 7.04. The van der Waals surface area contributed by atoms with E-state index >= 15 is 0 Å². The van der Waals surface area contributed by atoms with E-state index in [1.54, 1.807) is 0 Å². The van der Waals surface area contributed by atoms with Crippen molar-refractivity contribution in [2.24, 2.45) is 0 Å². The van der Waals surface area contributed by atoms with Crippen LogP contribution in [0.2, 0.25) is 0 Å². The molecule has 0 aromatic heterocycles. The van der Waals surface area contributed by atoms with Gasteiger partial charge in [-0.2, -0.15) is 0 Å². The first-order valence-electron chi connectivity index (χ1n) is 8.00. The smallest absolute Gasteiger partial charge is 0.157 e. The highest BCUT2D eigenvalue weighted by Crippen LogP contribution is 2.33. The van der Waals surface area contributed by atoms with E-state index < -0.39 is 0 Å². The van der Waals surface area contributed by atoms with Gasteiger partial charge in [-0.05, 0) is 69.5 Å². The number of allylic oxidation sites excluding steroid dienone is 1. The molecule has 0 bridgehead atoms. The lowest BCUT2D eigenvalue weighted by atomic mass is 9.89. The van der Waals surface area contributed by atoms with Crippen molar-refractivity contribution in [3.8, 4) is 0 Å². The molecule has 1 unspecified atom stereocenters. The number of carbonyl (C=O) groups excluding carboxylic acids is 1. The number of rotatable bonds is 5. The molecular formula is C19H27NO. The molecule has 0 spiro atoms. The van der Waals surface area contributed by atoms with Crippen molar-refractivity contribution in [3.05, 3.63) is 47.0 Å². The van der Waals surface area contributed by atoms with Crippen LogP contribution in [0.15, 0.2) is 24.8 Å². The third kappa shape index (κ3) is 3.82. The minimum absolute atomic E-state index is 0.143. The maximum atomic E-state index is 12.0. The first-order valence-corrected chi connectivity index (χ1v) is 8.00. The number of piperidine rings is 1. The molecule has 1 aromatic rings. The van der Waals surface area contributed by atoms with Crippen molar-refractivity contribution in [2.45, 2.75) is 52.5 Å². The lowest BCUT2D eigenvalue weighted by molar-refractivity contribution is -0.116. The summed E-state index contributed by atoms with van der Waals surface area (Å²) in [5.74, 6) is 0.143. The fraction of sp³-hybridized carbons (Fsp3) is 0.526. The van der Waals surface area contributed by atoms with Crippen molar-refractivity contribution < 1.29 is 4.79 Å². The Morgan fingerprint density at radius 3 is 2.29 bits per heavy atom. The van der Waals surface area contributed by atoms with Gasteiger partial charge in [0.25, 0.3) is 0 Å². The van der Waals surface area contributed by atoms with E-state index in [1.165, 1.54) is 47.6 Å². The summed E-state index contributed by atoms with van der Waals surface area (Å²) in [5.41, 5.74) is 5.25. The molecular weight excluding hydrogens is 258 g/mol. The maximum absolute atomic E-state index is 12.0. The fourth-order valence-electron chi connectivity index (χ4n) is 3.63. The van der Waals surface area contributed by atoms with Gasteiger partial charge in [-0.25, -0.2) is 0 Å². The number of likely N-dealkylation sites (tertiary alicyclic amines) is 1. The summed E-state index contributed by atoms with van der Waals surface area (Å²) in [7, 11) is 0. The van der Waals surface area contributed by atoms with Crippen LogP contribution >= 0.6 is 0 Å². The van der Waals surface area contributed by atoms with Gasteiger partial charge < -0.3 is 0 Å². The Bertz CT molecular complexity index is 503. The van der Waals surface area contributed by atoms with Gasteiger partial charge in [-0.1, -0.05) is 30.7 Å². The number of nitrogens with zero attached hydrogens (tertiary/aromatic N) is 1. The minimum atomic E-state index is 0.143. The predicted octanol–water partition coefficient (Wildman–Crippen LogP) is 4.28. The molecule has 0 saturated carbocycles. The molecule has 0 radical (unpaired) electrons. The second-order valence-corrected chi connectivity index (χ2v) is 6.30. The molecule has 1 atom stereocenters. The average Bonchev–Trinajstić information content (AvgIpc) is 2.46. The molecule has 114 valence electrons. The monoisotopic (exact) mass is 285 g/mol. The van der Waals surface area contributed by atoms with Crippen LogP contribution in [0.4, 0.5) is 0 Å². The van der Waals surface area contributed by atoms with Gasteiger partial charge in [-0.3, -0.25) is 9.69 Å². The normalized spacial score (nSPS) is 17.5. The Morgan fingerprint density at radius 1 is 1.19 bits per heavy atom. The van der Waals surface area contributed by atoms with Crippen molar-refractivity contribution >= 4 is 5.78 Å². The molecule has 2 rings (SSSR count). The summed E-state index contributed by atoms with van der Waals surface area (Å²) in [6, 6.07) is 4.67. The third-order valence-corrected chi connectivity index (χ3v) is 4.52. The van der Waals surface area contributed by atoms with Gasteiger partial charge in [0.05, 0.1) is 0 Å². The van der Waals surface area contributed by atoms with Crippen LogP contribution in [0, 0.1) is 20.8 Å². The number of aryl methyl sites for hydroxylation is 3. The molecule has 0 amide bonds. The SMILES string of the molecule is C=CC(=O)CC(c1c(C)cc(C)cc1C)N1CCCCC1. The van der Waals surface area contributed by atoms with Gasteiger partial charge in [0.1, 0.15) is 0 Å². The Labute approximate surface area is 128 Å². The molecule has 2 heteroatoms. The average molecular weight is 285 g/mol. The van der Waals surface area contributed by atoms with Crippen LogP contribution in [-0.4, -0.2) is 23.8 Å². The number of hydrogen-bond acceptors (Lipinski definition) is 2. The van der Waals surface area contributed by atoms with Gasteiger partial charge in [0.2, 0.25) is 0 Å². The zero-order valence-electron chi connectivity index (χ0n) is 13.6. The summed E-state index contributed by atoms with van der Waals surface area (Å²) in [4.78, 5) is 14.5. The van der Waals surface area contributed by atoms with Crippen LogP contribution in [0.5, 0.6) is 0 Å². The molecule has 21 heavy (non-hydrogen) atoms. The summed E-state index contributed by atoms with van der Waals surface area (Å²) in [6.45, 7) is 12.3. The highest BCUT2D eigenvalue weighted by Gasteiger charge is 2.26. The van der Waals surface area contributed by atoms with E-state index in [0.29, 0.717) is 6.42 Å². The molecule has 1 aliphatic heterocycles. The highest BCUT2D eigenvalue weighted by atomic mass is 16.1. The minimum Gasteiger partial charge on any atom is -0.296 e. The van der Waals surface area contributed by atoms with Crippen molar-refractivity contribution in [1.29, 1.82) is 0 Å². The highest BCUT2D eigenvalue weighted by molar-refractivity contribution is 5.89. The van der Waals surface area contributed by atoms with Crippen molar-refractivity contribution in [3.63, 3.8) is 0 Å². The number of ketones is 1. The maximum Gasteiger partial charge on any atom is 0.157 e. The molecule has 1 fully saturated rings. The Balaban J connectivity index is 2.38. The summed E-state index contributed by atoms with van der Waals surface area (Å²) in [5, 5.41) is 0. The van der Waals surface area contributed by atoms with Crippen molar-refractivity contribution in [2.75, 3.05) is 13.1 Å². The van der Waals surface area contributed by atoms with Gasteiger partial charge in [0.15, 0.2) is 5.78 Å². The molecule has 1 aliphatic rings. The van der Waals surface area contributed by atoms with E-state index in [-0.39, 0.29) is 11.8 Å². The molecule has 1 saturated heterocycles. The van der Waals surface area contributed by atoms with Crippen LogP contribution in [0.1, 0.15) is 54.0 Å². The van der Waals surface area contributed by atoms with E-state index in [9.17, 15) is 4.79 Å². The lowest BCUT2D eigenvalue weighted by Gasteiger charge is -2.36. The van der Waals surface area contributed by atoms with Crippen molar-refractivity contribution in [1.82, 2.24) is 4.90 Å². The van der Waals surface area contributed by atoms with Crippen LogP contribution in [0.3, 0.4) is 0 Å². The molecule has 1 heterocycles. The van der Waals surface area contributed by atoms with Gasteiger partial charge in [-0.15, -0.1) is 0 Å². The number of hydrogen-bond donors (Lipinski definition) is 0. The van der Waals surface area contributed by atoms with Crippen LogP contribution < -0.4 is 0 Å². The Hall–Kier alpha value is -1.41. The lowest BCUT2D eigenvalue weighted by Crippen LogP contribution is -2.35. The first-order chi connectivity index (χ1) is 10.0. The summed E-state index contributed by atoms with van der Waals surface area (Å²) >= 11 is 0. The molecule has 0 aliphatic carbocycles. The molecule has 1 aromatic carbocycles. The fourth-order valence-corrected chi connectivity index (χ4v) is 3.63. The quantitative estimate of drug-likeness (QED) is 0.752. The Morgan fingerprint density at radius 2 is 1.76 bits per heavy atom. The Kier molecular flexibility index (Phi) is 5.35. The van der Waals surface area contributed by atoms with Crippen LogP contribution in [-0.2, 0) is 4.79 Å². The molecule has 2 nitrogen and oxygen atoms in total. The zero-order chi connectivity index (χ0) is 15.4. The predicted molar refractivity (Wildman–Crippen MR) is 88.6 cm³/mol. The first kappa shape index (κ1) is 16.0. The number of carbonyl (C=O) groups is 1. The number of benzene rings is 1. The summed E-state index contributed by atoms with van der Waals surface area (Å²) < 4.78 is 0. The van der Waals surface area contributed by atoms with E-state index in [2.05, 4.69) is 44.4 Å². The second-order valence-electron chi connectivity index (χ2n) is 6.30. The van der Waals surface area contributed by atoms with E-state index in [4.69, 9.17) is 0 Å².